The van der Waals surface area contributed by atoms with E-state index in [2.05, 4.69) is 39.5 Å². The van der Waals surface area contributed by atoms with Crippen LogP contribution in [0.15, 0.2) is 42.5 Å². The van der Waals surface area contributed by atoms with E-state index >= 15 is 0 Å². The number of nitrogens with zero attached hydrogens (tertiary/aromatic N) is 2. The molecule has 1 aliphatic rings. The Labute approximate surface area is 148 Å². The van der Waals surface area contributed by atoms with Gasteiger partial charge in [-0.05, 0) is 49.2 Å². The average Bonchev–Trinajstić information content (AvgIpc) is 2.89. The standard InChI is InChI=1S/C20H25N3O2/c24-20(25)18-9-6-10-19(22-18)21-14-16-7-5-8-17(13-16)15-23-11-3-1-2-4-12-23/h5-10,13H,1-4,11-12,14-15H2,(H,21,22)(H,24,25). The first-order chi connectivity index (χ1) is 12.2. The third kappa shape index (κ3) is 5.29. The van der Waals surface area contributed by atoms with Gasteiger partial charge in [0.2, 0.25) is 0 Å². The van der Waals surface area contributed by atoms with E-state index in [1.165, 1.54) is 56.0 Å². The molecule has 1 aromatic heterocycles. The van der Waals surface area contributed by atoms with Crippen molar-refractivity contribution in [2.45, 2.75) is 38.8 Å². The van der Waals surface area contributed by atoms with Crippen LogP contribution in [0.5, 0.6) is 0 Å². The van der Waals surface area contributed by atoms with E-state index in [1.807, 2.05) is 0 Å². The molecule has 0 atom stereocenters. The quantitative estimate of drug-likeness (QED) is 0.839. The molecule has 1 aliphatic heterocycles. The molecule has 0 aliphatic carbocycles. The number of pyridine rings is 1. The molecule has 0 amide bonds. The first-order valence-electron chi connectivity index (χ1n) is 8.95. The number of nitrogens with one attached hydrogen (secondary N) is 1. The second-order valence-electron chi connectivity index (χ2n) is 6.58. The molecular weight excluding hydrogens is 314 g/mol. The number of benzene rings is 1. The summed E-state index contributed by atoms with van der Waals surface area (Å²) in [7, 11) is 0. The third-order valence-corrected chi connectivity index (χ3v) is 4.54. The van der Waals surface area contributed by atoms with Crippen molar-refractivity contribution in [3.05, 3.63) is 59.3 Å². The fourth-order valence-corrected chi connectivity index (χ4v) is 3.24. The second kappa shape index (κ2) is 8.62. The highest BCUT2D eigenvalue weighted by Crippen LogP contribution is 2.15. The maximum Gasteiger partial charge on any atom is 0.354 e. The van der Waals surface area contributed by atoms with Crippen LogP contribution < -0.4 is 5.32 Å². The van der Waals surface area contributed by atoms with Crippen molar-refractivity contribution >= 4 is 11.8 Å². The number of hydrogen-bond acceptors (Lipinski definition) is 4. The highest BCUT2D eigenvalue weighted by molar-refractivity contribution is 5.85. The van der Waals surface area contributed by atoms with Gasteiger partial charge in [-0.2, -0.15) is 0 Å². The molecule has 5 heteroatoms. The molecule has 0 unspecified atom stereocenters. The normalized spacial score (nSPS) is 15.5. The van der Waals surface area contributed by atoms with Crippen molar-refractivity contribution in [2.75, 3.05) is 18.4 Å². The van der Waals surface area contributed by atoms with Gasteiger partial charge in [-0.15, -0.1) is 0 Å². The first-order valence-corrected chi connectivity index (χ1v) is 8.95. The maximum absolute atomic E-state index is 11.0. The Morgan fingerprint density at radius 3 is 2.52 bits per heavy atom. The minimum absolute atomic E-state index is 0.0555. The Morgan fingerprint density at radius 1 is 1.04 bits per heavy atom. The first kappa shape index (κ1) is 17.4. The lowest BCUT2D eigenvalue weighted by Gasteiger charge is -2.20. The summed E-state index contributed by atoms with van der Waals surface area (Å²) in [6.07, 6.45) is 5.30. The van der Waals surface area contributed by atoms with Gasteiger partial charge in [-0.3, -0.25) is 4.90 Å². The van der Waals surface area contributed by atoms with Crippen LogP contribution in [-0.2, 0) is 13.1 Å². The SMILES string of the molecule is O=C(O)c1cccc(NCc2cccc(CN3CCCCCC3)c2)n1. The zero-order valence-corrected chi connectivity index (χ0v) is 14.4. The van der Waals surface area contributed by atoms with Crippen molar-refractivity contribution in [1.29, 1.82) is 0 Å². The highest BCUT2D eigenvalue weighted by Gasteiger charge is 2.10. The minimum Gasteiger partial charge on any atom is -0.477 e. The Hall–Kier alpha value is -2.40. The van der Waals surface area contributed by atoms with Gasteiger partial charge in [-0.25, -0.2) is 9.78 Å². The molecule has 2 heterocycles. The van der Waals surface area contributed by atoms with E-state index in [9.17, 15) is 4.79 Å². The Morgan fingerprint density at radius 2 is 1.76 bits per heavy atom. The molecule has 1 saturated heterocycles. The second-order valence-corrected chi connectivity index (χ2v) is 6.58. The van der Waals surface area contributed by atoms with E-state index in [1.54, 1.807) is 12.1 Å². The van der Waals surface area contributed by atoms with E-state index in [4.69, 9.17) is 5.11 Å². The molecule has 0 radical (unpaired) electrons. The summed E-state index contributed by atoms with van der Waals surface area (Å²) in [6, 6.07) is 13.6. The average molecular weight is 339 g/mol. The lowest BCUT2D eigenvalue weighted by Crippen LogP contribution is -2.24. The molecular formula is C20H25N3O2. The van der Waals surface area contributed by atoms with Crippen molar-refractivity contribution < 1.29 is 9.90 Å². The zero-order valence-electron chi connectivity index (χ0n) is 14.4. The summed E-state index contributed by atoms with van der Waals surface area (Å²) in [5, 5.41) is 12.2. The van der Waals surface area contributed by atoms with Crippen LogP contribution in [0.3, 0.4) is 0 Å². The topological polar surface area (TPSA) is 65.5 Å². The number of aromatic carboxylic acids is 1. The molecule has 1 aromatic carbocycles. The van der Waals surface area contributed by atoms with Gasteiger partial charge in [0.1, 0.15) is 5.82 Å². The van der Waals surface area contributed by atoms with Crippen LogP contribution in [0.4, 0.5) is 5.82 Å². The summed E-state index contributed by atoms with van der Waals surface area (Å²) < 4.78 is 0. The van der Waals surface area contributed by atoms with E-state index in [0.29, 0.717) is 12.4 Å². The van der Waals surface area contributed by atoms with Crippen LogP contribution in [0.1, 0.15) is 47.3 Å². The summed E-state index contributed by atoms with van der Waals surface area (Å²) in [4.78, 5) is 17.6. The number of carboxylic acids is 1. The summed E-state index contributed by atoms with van der Waals surface area (Å²) in [6.45, 7) is 4.01. The lowest BCUT2D eigenvalue weighted by molar-refractivity contribution is 0.0690. The Kier molecular flexibility index (Phi) is 6.01. The van der Waals surface area contributed by atoms with Crippen molar-refractivity contribution in [3.8, 4) is 0 Å². The largest absolute Gasteiger partial charge is 0.477 e. The Balaban J connectivity index is 1.59. The zero-order chi connectivity index (χ0) is 17.5. The molecule has 0 spiro atoms. The maximum atomic E-state index is 11.0. The van der Waals surface area contributed by atoms with Crippen LogP contribution in [0.2, 0.25) is 0 Å². The molecule has 2 N–H and O–H groups in total. The number of carbonyl (C=O) groups is 1. The van der Waals surface area contributed by atoms with E-state index < -0.39 is 5.97 Å². The number of rotatable bonds is 6. The number of anilines is 1. The van der Waals surface area contributed by atoms with Crippen LogP contribution >= 0.6 is 0 Å². The molecule has 25 heavy (non-hydrogen) atoms. The van der Waals surface area contributed by atoms with Crippen LogP contribution in [0, 0.1) is 0 Å². The van der Waals surface area contributed by atoms with Gasteiger partial charge in [0.05, 0.1) is 0 Å². The molecule has 2 aromatic rings. The fraction of sp³-hybridized carbons (Fsp3) is 0.400. The van der Waals surface area contributed by atoms with Gasteiger partial charge in [0, 0.05) is 13.1 Å². The molecule has 132 valence electrons. The fourth-order valence-electron chi connectivity index (χ4n) is 3.24. The smallest absolute Gasteiger partial charge is 0.354 e. The van der Waals surface area contributed by atoms with Crippen LogP contribution in [0.25, 0.3) is 0 Å². The van der Waals surface area contributed by atoms with Crippen molar-refractivity contribution in [3.63, 3.8) is 0 Å². The number of likely N-dealkylation sites (tertiary alicyclic amines) is 1. The van der Waals surface area contributed by atoms with E-state index in [0.717, 1.165) is 6.54 Å². The van der Waals surface area contributed by atoms with Crippen LogP contribution in [-0.4, -0.2) is 34.0 Å². The van der Waals surface area contributed by atoms with Gasteiger partial charge in [0.25, 0.3) is 0 Å². The summed E-state index contributed by atoms with van der Waals surface area (Å²) >= 11 is 0. The number of aromatic nitrogens is 1. The molecule has 0 saturated carbocycles. The lowest BCUT2D eigenvalue weighted by atomic mass is 10.1. The van der Waals surface area contributed by atoms with Crippen molar-refractivity contribution in [2.24, 2.45) is 0 Å². The third-order valence-electron chi connectivity index (χ3n) is 4.54. The predicted octanol–water partition coefficient (Wildman–Crippen LogP) is 3.77. The highest BCUT2D eigenvalue weighted by atomic mass is 16.4. The number of carboxylic acid groups (broad SMARTS) is 1. The number of hydrogen-bond donors (Lipinski definition) is 2. The van der Waals surface area contributed by atoms with Gasteiger partial charge in [-0.1, -0.05) is 43.2 Å². The van der Waals surface area contributed by atoms with Crippen molar-refractivity contribution in [1.82, 2.24) is 9.88 Å². The molecule has 3 rings (SSSR count). The molecule has 0 bridgehead atoms. The van der Waals surface area contributed by atoms with E-state index in [-0.39, 0.29) is 5.69 Å². The minimum atomic E-state index is -1.01. The molecule has 1 fully saturated rings. The Bertz CT molecular complexity index is 710. The van der Waals surface area contributed by atoms with Gasteiger partial charge >= 0.3 is 5.97 Å². The van der Waals surface area contributed by atoms with Gasteiger partial charge < -0.3 is 10.4 Å². The predicted molar refractivity (Wildman–Crippen MR) is 98.7 cm³/mol. The molecule has 5 nitrogen and oxygen atoms in total. The summed E-state index contributed by atoms with van der Waals surface area (Å²) in [5.41, 5.74) is 2.56. The van der Waals surface area contributed by atoms with Gasteiger partial charge in [0.15, 0.2) is 5.69 Å². The monoisotopic (exact) mass is 339 g/mol. The summed E-state index contributed by atoms with van der Waals surface area (Å²) in [5.74, 6) is -0.430.